The molecule has 0 unspecified atom stereocenters. The molecule has 0 saturated carbocycles. The van der Waals surface area contributed by atoms with Gasteiger partial charge in [0, 0.05) is 23.7 Å². The number of carbonyl (C=O) groups is 2. The van der Waals surface area contributed by atoms with Gasteiger partial charge in [-0.05, 0) is 18.2 Å². The van der Waals surface area contributed by atoms with Crippen LogP contribution in [0.2, 0.25) is 0 Å². The van der Waals surface area contributed by atoms with Crippen LogP contribution in [0.4, 0.5) is 20.2 Å². The number of nitrogens with one attached hydrogen (secondary N) is 1. The Kier molecular flexibility index (Phi) is 5.03. The van der Waals surface area contributed by atoms with Gasteiger partial charge in [-0.2, -0.15) is 0 Å². The highest BCUT2D eigenvalue weighted by atomic mass is 32.2. The second-order valence-electron chi connectivity index (χ2n) is 5.51. The Labute approximate surface area is 148 Å². The third-order valence-corrected chi connectivity index (χ3v) is 5.05. The number of carbonyl (C=O) groups excluding carboxylic acids is 2. The van der Waals surface area contributed by atoms with E-state index in [0.29, 0.717) is 17.7 Å². The number of rotatable bonds is 4. The van der Waals surface area contributed by atoms with E-state index < -0.39 is 17.0 Å². The molecule has 2 aromatic rings. The Bertz CT molecular complexity index is 828. The summed E-state index contributed by atoms with van der Waals surface area (Å²) in [5.41, 5.74) is 1.30. The Balaban J connectivity index is 2.02. The average molecular weight is 362 g/mol. The van der Waals surface area contributed by atoms with Crippen molar-refractivity contribution in [2.45, 2.75) is 18.7 Å². The van der Waals surface area contributed by atoms with Crippen LogP contribution in [0.15, 0.2) is 42.5 Å². The van der Waals surface area contributed by atoms with Crippen molar-refractivity contribution in [3.63, 3.8) is 0 Å². The maximum absolute atomic E-state index is 14.2. The molecule has 1 fully saturated rings. The van der Waals surface area contributed by atoms with E-state index in [9.17, 15) is 18.4 Å². The first-order chi connectivity index (χ1) is 12.0. The zero-order valence-corrected chi connectivity index (χ0v) is 14.3. The van der Waals surface area contributed by atoms with E-state index in [1.54, 1.807) is 31.2 Å². The van der Waals surface area contributed by atoms with Crippen molar-refractivity contribution in [3.8, 4) is 0 Å². The molecule has 3 rings (SSSR count). The van der Waals surface area contributed by atoms with Crippen LogP contribution >= 0.6 is 11.8 Å². The lowest BCUT2D eigenvalue weighted by Gasteiger charge is -2.26. The fourth-order valence-electron chi connectivity index (χ4n) is 2.66. The summed E-state index contributed by atoms with van der Waals surface area (Å²) in [6.45, 7) is 1.74. The molecule has 1 heterocycles. The Morgan fingerprint density at radius 1 is 1.28 bits per heavy atom. The minimum atomic E-state index is -0.795. The molecule has 2 aromatic carbocycles. The zero-order chi connectivity index (χ0) is 18.0. The summed E-state index contributed by atoms with van der Waals surface area (Å²) in [5, 5.41) is 2.30. The predicted octanol–water partition coefficient (Wildman–Crippen LogP) is 4.09. The van der Waals surface area contributed by atoms with Gasteiger partial charge in [-0.3, -0.25) is 14.5 Å². The van der Waals surface area contributed by atoms with E-state index in [1.165, 1.54) is 22.7 Å². The standard InChI is InChI=1S/C18H16F2N2O2S/c1-2-16(23)21-14-6-4-3-5-12(14)18-22(17(24)10-25-18)15-8-7-11(19)9-13(15)20/h3-9,18H,2,10H2,1H3,(H,21,23)/t18-/m0/s1. The molecule has 1 N–H and O–H groups in total. The van der Waals surface area contributed by atoms with Gasteiger partial charge in [0.05, 0.1) is 11.4 Å². The molecule has 0 radical (unpaired) electrons. The number of hydrogen-bond donors (Lipinski definition) is 1. The van der Waals surface area contributed by atoms with Crippen LogP contribution < -0.4 is 10.2 Å². The van der Waals surface area contributed by atoms with Crippen LogP contribution in [-0.4, -0.2) is 17.6 Å². The lowest BCUT2D eigenvalue weighted by atomic mass is 10.1. The molecular weight excluding hydrogens is 346 g/mol. The van der Waals surface area contributed by atoms with Gasteiger partial charge < -0.3 is 5.32 Å². The molecule has 0 bridgehead atoms. The second-order valence-corrected chi connectivity index (χ2v) is 6.58. The summed E-state index contributed by atoms with van der Waals surface area (Å²) < 4.78 is 27.4. The van der Waals surface area contributed by atoms with Crippen LogP contribution in [0.1, 0.15) is 24.3 Å². The molecule has 0 aliphatic carbocycles. The normalized spacial score (nSPS) is 17.0. The van der Waals surface area contributed by atoms with Crippen LogP contribution in [0.25, 0.3) is 0 Å². The molecule has 4 nitrogen and oxygen atoms in total. The maximum atomic E-state index is 14.2. The molecule has 1 aliphatic heterocycles. The molecule has 1 aliphatic rings. The highest BCUT2D eigenvalue weighted by Crippen LogP contribution is 2.44. The summed E-state index contributed by atoms with van der Waals surface area (Å²) in [6.07, 6.45) is 0.321. The highest BCUT2D eigenvalue weighted by molar-refractivity contribution is 8.00. The Morgan fingerprint density at radius 3 is 2.76 bits per heavy atom. The van der Waals surface area contributed by atoms with Crippen molar-refractivity contribution in [1.29, 1.82) is 0 Å². The summed E-state index contributed by atoms with van der Waals surface area (Å²) in [7, 11) is 0. The van der Waals surface area contributed by atoms with Gasteiger partial charge in [0.25, 0.3) is 0 Å². The number of benzene rings is 2. The van der Waals surface area contributed by atoms with E-state index in [0.717, 1.165) is 12.1 Å². The molecule has 0 spiro atoms. The van der Waals surface area contributed by atoms with Crippen LogP contribution in [0, 0.1) is 11.6 Å². The minimum absolute atomic E-state index is 0.0259. The van der Waals surface area contributed by atoms with Gasteiger partial charge in [0.2, 0.25) is 11.8 Å². The topological polar surface area (TPSA) is 49.4 Å². The summed E-state index contributed by atoms with van der Waals surface area (Å²) in [4.78, 5) is 25.4. The quantitative estimate of drug-likeness (QED) is 0.891. The summed E-state index contributed by atoms with van der Waals surface area (Å²) in [5.74, 6) is -1.74. The highest BCUT2D eigenvalue weighted by Gasteiger charge is 2.36. The van der Waals surface area contributed by atoms with Crippen molar-refractivity contribution in [2.24, 2.45) is 0 Å². The van der Waals surface area contributed by atoms with Crippen molar-refractivity contribution in [3.05, 3.63) is 59.7 Å². The third kappa shape index (κ3) is 3.51. The fraction of sp³-hybridized carbons (Fsp3) is 0.222. The van der Waals surface area contributed by atoms with Crippen LogP contribution in [-0.2, 0) is 9.59 Å². The minimum Gasteiger partial charge on any atom is -0.326 e. The maximum Gasteiger partial charge on any atom is 0.238 e. The molecule has 7 heteroatoms. The van der Waals surface area contributed by atoms with E-state index in [-0.39, 0.29) is 23.3 Å². The van der Waals surface area contributed by atoms with Gasteiger partial charge in [-0.1, -0.05) is 25.1 Å². The lowest BCUT2D eigenvalue weighted by Crippen LogP contribution is -2.29. The average Bonchev–Trinajstić information content (AvgIpc) is 2.96. The fourth-order valence-corrected chi connectivity index (χ4v) is 3.86. The number of thioether (sulfide) groups is 1. The molecule has 2 amide bonds. The number of halogens is 2. The number of nitrogens with zero attached hydrogens (tertiary/aromatic N) is 1. The van der Waals surface area contributed by atoms with Crippen LogP contribution in [0.5, 0.6) is 0 Å². The second kappa shape index (κ2) is 7.23. The zero-order valence-electron chi connectivity index (χ0n) is 13.5. The molecule has 25 heavy (non-hydrogen) atoms. The Hall–Kier alpha value is -2.41. The van der Waals surface area contributed by atoms with Crippen molar-refractivity contribution in [1.82, 2.24) is 0 Å². The molecular formula is C18H16F2N2O2S. The smallest absolute Gasteiger partial charge is 0.238 e. The number of hydrogen-bond acceptors (Lipinski definition) is 3. The third-order valence-electron chi connectivity index (χ3n) is 3.86. The van der Waals surface area contributed by atoms with Gasteiger partial charge in [-0.25, -0.2) is 8.78 Å². The lowest BCUT2D eigenvalue weighted by molar-refractivity contribution is -0.116. The SMILES string of the molecule is CCC(=O)Nc1ccccc1[C@@H]1SCC(=O)N1c1ccc(F)cc1F. The van der Waals surface area contributed by atoms with Gasteiger partial charge in [-0.15, -0.1) is 11.8 Å². The van der Waals surface area contributed by atoms with E-state index >= 15 is 0 Å². The Morgan fingerprint density at radius 2 is 2.04 bits per heavy atom. The van der Waals surface area contributed by atoms with Gasteiger partial charge in [0.15, 0.2) is 0 Å². The van der Waals surface area contributed by atoms with Crippen LogP contribution in [0.3, 0.4) is 0 Å². The van der Waals surface area contributed by atoms with Crippen molar-refractivity contribution >= 4 is 35.0 Å². The van der Waals surface area contributed by atoms with Crippen molar-refractivity contribution in [2.75, 3.05) is 16.0 Å². The van der Waals surface area contributed by atoms with Gasteiger partial charge >= 0.3 is 0 Å². The number of para-hydroxylation sites is 1. The van der Waals surface area contributed by atoms with E-state index in [2.05, 4.69) is 5.32 Å². The molecule has 1 saturated heterocycles. The summed E-state index contributed by atoms with van der Waals surface area (Å²) >= 11 is 1.33. The largest absolute Gasteiger partial charge is 0.326 e. The van der Waals surface area contributed by atoms with E-state index in [1.807, 2.05) is 0 Å². The predicted molar refractivity (Wildman–Crippen MR) is 94.4 cm³/mol. The summed E-state index contributed by atoms with van der Waals surface area (Å²) in [6, 6.07) is 10.2. The first-order valence-corrected chi connectivity index (χ1v) is 8.83. The van der Waals surface area contributed by atoms with Gasteiger partial charge in [0.1, 0.15) is 17.0 Å². The first kappa shape index (κ1) is 17.4. The molecule has 1 atom stereocenters. The first-order valence-electron chi connectivity index (χ1n) is 7.78. The van der Waals surface area contributed by atoms with E-state index in [4.69, 9.17) is 0 Å². The monoisotopic (exact) mass is 362 g/mol. The number of anilines is 2. The number of amides is 2. The molecule has 0 aromatic heterocycles. The van der Waals surface area contributed by atoms with Crippen molar-refractivity contribution < 1.29 is 18.4 Å². The molecule has 130 valence electrons.